The van der Waals surface area contributed by atoms with Gasteiger partial charge in [-0.25, -0.2) is 0 Å². The highest BCUT2D eigenvalue weighted by molar-refractivity contribution is 5.80. The second kappa shape index (κ2) is 6.01. The average molecular weight is 268 g/mol. The Balaban J connectivity index is 1.73. The fourth-order valence-electron chi connectivity index (χ4n) is 3.14. The minimum atomic E-state index is 0.0923. The van der Waals surface area contributed by atoms with Crippen LogP contribution in [0.15, 0.2) is 0 Å². The van der Waals surface area contributed by atoms with E-state index in [1.54, 1.807) is 7.11 Å². The number of ether oxygens (including phenoxy) is 1. The predicted molar refractivity (Wildman–Crippen MR) is 71.9 cm³/mol. The van der Waals surface area contributed by atoms with Crippen LogP contribution in [0.4, 0.5) is 0 Å². The number of hydrogen-bond acceptors (Lipinski definition) is 4. The molecule has 0 N–H and O–H groups in total. The minimum absolute atomic E-state index is 0.0923. The van der Waals surface area contributed by atoms with E-state index in [4.69, 9.17) is 4.74 Å². The summed E-state index contributed by atoms with van der Waals surface area (Å²) in [5.74, 6) is 0.414. The van der Waals surface area contributed by atoms with Crippen LogP contribution in [0.5, 0.6) is 0 Å². The molecule has 1 spiro atoms. The Morgan fingerprint density at radius 1 is 1.21 bits per heavy atom. The maximum atomic E-state index is 11.7. The van der Waals surface area contributed by atoms with Gasteiger partial charge in [0.2, 0.25) is 5.91 Å². The van der Waals surface area contributed by atoms with E-state index in [1.807, 2.05) is 11.8 Å². The van der Waals surface area contributed by atoms with Crippen molar-refractivity contribution < 1.29 is 14.3 Å². The van der Waals surface area contributed by atoms with Crippen LogP contribution in [0.25, 0.3) is 0 Å². The molecule has 0 unspecified atom stereocenters. The van der Waals surface area contributed by atoms with Crippen LogP contribution in [0, 0.1) is 5.41 Å². The average Bonchev–Trinajstić information content (AvgIpc) is 2.37. The van der Waals surface area contributed by atoms with Crippen molar-refractivity contribution in [1.82, 2.24) is 9.80 Å². The van der Waals surface area contributed by atoms with Crippen LogP contribution in [-0.2, 0) is 14.3 Å². The molecule has 0 bridgehead atoms. The number of rotatable bonds is 5. The van der Waals surface area contributed by atoms with E-state index >= 15 is 0 Å². The molecule has 2 fully saturated rings. The molecule has 2 heterocycles. The van der Waals surface area contributed by atoms with Gasteiger partial charge in [0.15, 0.2) is 0 Å². The van der Waals surface area contributed by atoms with Gasteiger partial charge in [0, 0.05) is 39.7 Å². The molecule has 0 aromatic carbocycles. The molecule has 2 aliphatic heterocycles. The molecule has 5 nitrogen and oxygen atoms in total. The third-order valence-corrected chi connectivity index (χ3v) is 4.36. The van der Waals surface area contributed by atoms with Gasteiger partial charge in [0.1, 0.15) is 12.4 Å². The van der Waals surface area contributed by atoms with Gasteiger partial charge < -0.3 is 9.64 Å². The fourth-order valence-corrected chi connectivity index (χ4v) is 3.14. The maximum Gasteiger partial charge on any atom is 0.248 e. The number of methoxy groups -OCH3 is 1. The van der Waals surface area contributed by atoms with Crippen molar-refractivity contribution in [2.45, 2.75) is 26.2 Å². The standard InChI is InChI=1S/C14H24N2O3/c1-3-12(17)8-15-10-14(11-15)4-6-16(7-5-14)13(18)9-19-2/h3-11H2,1-2H3. The number of likely N-dealkylation sites (tertiary alicyclic amines) is 2. The lowest BCUT2D eigenvalue weighted by Crippen LogP contribution is -2.61. The summed E-state index contributed by atoms with van der Waals surface area (Å²) >= 11 is 0. The highest BCUT2D eigenvalue weighted by Gasteiger charge is 2.45. The number of piperidine rings is 1. The molecule has 5 heteroatoms. The van der Waals surface area contributed by atoms with Crippen molar-refractivity contribution in [3.8, 4) is 0 Å². The molecule has 0 atom stereocenters. The number of Topliss-reactive ketones (excluding diaryl/α,β-unsaturated/α-hetero) is 1. The van der Waals surface area contributed by atoms with Crippen molar-refractivity contribution in [2.75, 3.05) is 46.4 Å². The van der Waals surface area contributed by atoms with Gasteiger partial charge in [-0.05, 0) is 18.3 Å². The van der Waals surface area contributed by atoms with Crippen LogP contribution in [0.1, 0.15) is 26.2 Å². The molecule has 19 heavy (non-hydrogen) atoms. The first-order valence-corrected chi connectivity index (χ1v) is 7.09. The first-order valence-electron chi connectivity index (χ1n) is 7.09. The van der Waals surface area contributed by atoms with E-state index in [-0.39, 0.29) is 12.5 Å². The summed E-state index contributed by atoms with van der Waals surface area (Å²) in [6.07, 6.45) is 2.74. The normalized spacial score (nSPS) is 22.3. The molecule has 0 aliphatic carbocycles. The summed E-state index contributed by atoms with van der Waals surface area (Å²) in [5.41, 5.74) is 0.359. The summed E-state index contributed by atoms with van der Waals surface area (Å²) in [5, 5.41) is 0. The minimum Gasteiger partial charge on any atom is -0.375 e. The number of ketones is 1. The lowest BCUT2D eigenvalue weighted by atomic mass is 9.72. The molecule has 2 aliphatic rings. The lowest BCUT2D eigenvalue weighted by molar-refractivity contribution is -0.140. The molecule has 0 saturated carbocycles. The zero-order valence-corrected chi connectivity index (χ0v) is 12.0. The smallest absolute Gasteiger partial charge is 0.248 e. The van der Waals surface area contributed by atoms with E-state index in [1.165, 1.54) is 0 Å². The van der Waals surface area contributed by atoms with E-state index in [9.17, 15) is 9.59 Å². The summed E-state index contributed by atoms with van der Waals surface area (Å²) in [6.45, 7) is 6.40. The van der Waals surface area contributed by atoms with Crippen molar-refractivity contribution in [3.05, 3.63) is 0 Å². The Bertz CT molecular complexity index is 341. The zero-order valence-electron chi connectivity index (χ0n) is 12.0. The Kier molecular flexibility index (Phi) is 4.58. The molecule has 2 rings (SSSR count). The van der Waals surface area contributed by atoms with E-state index in [0.29, 0.717) is 24.2 Å². The SMILES string of the molecule is CCC(=O)CN1CC2(CCN(C(=O)COC)CC2)C1. The van der Waals surface area contributed by atoms with Crippen LogP contribution in [0.3, 0.4) is 0 Å². The quantitative estimate of drug-likeness (QED) is 0.730. The predicted octanol–water partition coefficient (Wildman–Crippen LogP) is 0.536. The maximum absolute atomic E-state index is 11.7. The van der Waals surface area contributed by atoms with Gasteiger partial charge in [-0.2, -0.15) is 0 Å². The van der Waals surface area contributed by atoms with Gasteiger partial charge in [0.05, 0.1) is 6.54 Å². The topological polar surface area (TPSA) is 49.9 Å². The van der Waals surface area contributed by atoms with Crippen molar-refractivity contribution in [3.63, 3.8) is 0 Å². The van der Waals surface area contributed by atoms with Crippen LogP contribution in [0.2, 0.25) is 0 Å². The van der Waals surface area contributed by atoms with E-state index in [0.717, 1.165) is 39.0 Å². The zero-order chi connectivity index (χ0) is 13.9. The molecule has 0 radical (unpaired) electrons. The Morgan fingerprint density at radius 2 is 1.84 bits per heavy atom. The molecule has 0 aromatic heterocycles. The summed E-state index contributed by atoms with van der Waals surface area (Å²) in [7, 11) is 1.55. The van der Waals surface area contributed by atoms with Crippen molar-refractivity contribution >= 4 is 11.7 Å². The van der Waals surface area contributed by atoms with Crippen LogP contribution < -0.4 is 0 Å². The van der Waals surface area contributed by atoms with Gasteiger partial charge in [-0.1, -0.05) is 6.92 Å². The summed E-state index contributed by atoms with van der Waals surface area (Å²) < 4.78 is 4.89. The Labute approximate surface area is 114 Å². The van der Waals surface area contributed by atoms with Crippen LogP contribution >= 0.6 is 0 Å². The highest BCUT2D eigenvalue weighted by atomic mass is 16.5. The van der Waals surface area contributed by atoms with Crippen molar-refractivity contribution in [1.29, 1.82) is 0 Å². The van der Waals surface area contributed by atoms with Gasteiger partial charge in [0.25, 0.3) is 0 Å². The summed E-state index contributed by atoms with van der Waals surface area (Å²) in [6, 6.07) is 0. The van der Waals surface area contributed by atoms with E-state index < -0.39 is 0 Å². The first kappa shape index (κ1) is 14.5. The molecular formula is C14H24N2O3. The Morgan fingerprint density at radius 3 is 2.37 bits per heavy atom. The second-order valence-corrected chi connectivity index (χ2v) is 5.85. The largest absolute Gasteiger partial charge is 0.375 e. The molecule has 0 aromatic rings. The third-order valence-electron chi connectivity index (χ3n) is 4.36. The number of carbonyl (C=O) groups excluding carboxylic acids is 2. The number of hydrogen-bond donors (Lipinski definition) is 0. The number of amides is 1. The van der Waals surface area contributed by atoms with Gasteiger partial charge in [-0.15, -0.1) is 0 Å². The molecule has 108 valence electrons. The fraction of sp³-hybridized carbons (Fsp3) is 0.857. The Hall–Kier alpha value is -0.940. The summed E-state index contributed by atoms with van der Waals surface area (Å²) in [4.78, 5) is 27.2. The number of carbonyl (C=O) groups is 2. The van der Waals surface area contributed by atoms with Gasteiger partial charge >= 0.3 is 0 Å². The monoisotopic (exact) mass is 268 g/mol. The van der Waals surface area contributed by atoms with E-state index in [2.05, 4.69) is 4.90 Å². The van der Waals surface area contributed by atoms with Gasteiger partial charge in [-0.3, -0.25) is 14.5 Å². The first-order chi connectivity index (χ1) is 9.08. The third kappa shape index (κ3) is 3.34. The highest BCUT2D eigenvalue weighted by Crippen LogP contribution is 2.40. The van der Waals surface area contributed by atoms with Crippen LogP contribution in [-0.4, -0.2) is 67.9 Å². The van der Waals surface area contributed by atoms with Crippen molar-refractivity contribution in [2.24, 2.45) is 5.41 Å². The second-order valence-electron chi connectivity index (χ2n) is 5.85. The molecule has 1 amide bonds. The number of nitrogens with zero attached hydrogens (tertiary/aromatic N) is 2. The molecular weight excluding hydrogens is 244 g/mol. The lowest BCUT2D eigenvalue weighted by Gasteiger charge is -2.54. The molecule has 2 saturated heterocycles.